The van der Waals surface area contributed by atoms with E-state index in [1.807, 2.05) is 30.3 Å². The van der Waals surface area contributed by atoms with E-state index in [9.17, 15) is 4.79 Å². The molecule has 22 heavy (non-hydrogen) atoms. The SMILES string of the molecule is CCCOc1ccc(C(=O)C2CCCCC2)c2ccccc12. The van der Waals surface area contributed by atoms with Gasteiger partial charge in [0.05, 0.1) is 6.61 Å². The lowest BCUT2D eigenvalue weighted by molar-refractivity contribution is 0.0891. The highest BCUT2D eigenvalue weighted by molar-refractivity contribution is 6.10. The quantitative estimate of drug-likeness (QED) is 0.691. The molecule has 0 amide bonds. The van der Waals surface area contributed by atoms with Gasteiger partial charge < -0.3 is 4.74 Å². The van der Waals surface area contributed by atoms with Crippen molar-refractivity contribution < 1.29 is 9.53 Å². The van der Waals surface area contributed by atoms with E-state index >= 15 is 0 Å². The van der Waals surface area contributed by atoms with E-state index < -0.39 is 0 Å². The maximum Gasteiger partial charge on any atom is 0.166 e. The van der Waals surface area contributed by atoms with Gasteiger partial charge in [-0.2, -0.15) is 0 Å². The first-order valence-corrected chi connectivity index (χ1v) is 8.50. The minimum atomic E-state index is 0.208. The molecule has 0 unspecified atom stereocenters. The second-order valence-corrected chi connectivity index (χ2v) is 6.20. The Balaban J connectivity index is 1.98. The van der Waals surface area contributed by atoms with Gasteiger partial charge in [0.15, 0.2) is 5.78 Å². The highest BCUT2D eigenvalue weighted by Gasteiger charge is 2.24. The average molecular weight is 296 g/mol. The fourth-order valence-electron chi connectivity index (χ4n) is 3.41. The standard InChI is InChI=1S/C20H24O2/c1-2-14-22-19-13-12-18(16-10-6-7-11-17(16)19)20(21)15-8-4-3-5-9-15/h6-7,10-13,15H,2-5,8-9,14H2,1H3. The Morgan fingerprint density at radius 3 is 2.50 bits per heavy atom. The van der Waals surface area contributed by atoms with Crippen LogP contribution >= 0.6 is 0 Å². The number of rotatable bonds is 5. The van der Waals surface area contributed by atoms with E-state index in [1.54, 1.807) is 0 Å². The molecule has 0 saturated heterocycles. The van der Waals surface area contributed by atoms with Crippen LogP contribution in [0.1, 0.15) is 55.8 Å². The van der Waals surface area contributed by atoms with E-state index in [0.717, 1.165) is 41.3 Å². The summed E-state index contributed by atoms with van der Waals surface area (Å²) in [5.41, 5.74) is 0.867. The largest absolute Gasteiger partial charge is 0.493 e. The summed E-state index contributed by atoms with van der Waals surface area (Å²) < 4.78 is 5.84. The molecule has 0 aromatic heterocycles. The lowest BCUT2D eigenvalue weighted by atomic mass is 9.83. The van der Waals surface area contributed by atoms with Gasteiger partial charge in [-0.1, -0.05) is 50.5 Å². The lowest BCUT2D eigenvalue weighted by Crippen LogP contribution is -2.18. The van der Waals surface area contributed by atoms with Crippen LogP contribution in [0.15, 0.2) is 36.4 Å². The molecule has 2 nitrogen and oxygen atoms in total. The Labute approximate surface area is 132 Å². The number of carbonyl (C=O) groups excluding carboxylic acids is 1. The number of ketones is 1. The highest BCUT2D eigenvalue weighted by atomic mass is 16.5. The maximum absolute atomic E-state index is 12.9. The predicted octanol–water partition coefficient (Wildman–Crippen LogP) is 5.39. The molecule has 2 aromatic carbocycles. The molecule has 0 N–H and O–H groups in total. The van der Waals surface area contributed by atoms with Gasteiger partial charge in [-0.3, -0.25) is 4.79 Å². The van der Waals surface area contributed by atoms with Crippen molar-refractivity contribution in [1.82, 2.24) is 0 Å². The zero-order valence-electron chi connectivity index (χ0n) is 13.3. The van der Waals surface area contributed by atoms with E-state index in [4.69, 9.17) is 4.74 Å². The summed E-state index contributed by atoms with van der Waals surface area (Å²) in [6.45, 7) is 2.81. The first-order chi connectivity index (χ1) is 10.8. The molecule has 0 atom stereocenters. The summed E-state index contributed by atoms with van der Waals surface area (Å²) in [5.74, 6) is 1.41. The summed E-state index contributed by atoms with van der Waals surface area (Å²) in [4.78, 5) is 12.9. The van der Waals surface area contributed by atoms with Crippen LogP contribution in [0.25, 0.3) is 10.8 Å². The van der Waals surface area contributed by atoms with Crippen molar-refractivity contribution in [2.45, 2.75) is 45.4 Å². The van der Waals surface area contributed by atoms with Crippen molar-refractivity contribution in [2.24, 2.45) is 5.92 Å². The third-order valence-corrected chi connectivity index (χ3v) is 4.59. The normalized spacial score (nSPS) is 15.9. The van der Waals surface area contributed by atoms with E-state index in [1.165, 1.54) is 19.3 Å². The van der Waals surface area contributed by atoms with Gasteiger partial charge in [-0.25, -0.2) is 0 Å². The molecule has 1 fully saturated rings. The van der Waals surface area contributed by atoms with Crippen molar-refractivity contribution in [2.75, 3.05) is 6.61 Å². The second-order valence-electron chi connectivity index (χ2n) is 6.20. The van der Waals surface area contributed by atoms with E-state index in [2.05, 4.69) is 13.0 Å². The van der Waals surface area contributed by atoms with Gasteiger partial charge in [0.25, 0.3) is 0 Å². The minimum absolute atomic E-state index is 0.208. The molecular formula is C20H24O2. The Kier molecular flexibility index (Phi) is 4.77. The predicted molar refractivity (Wildman–Crippen MR) is 90.6 cm³/mol. The highest BCUT2D eigenvalue weighted by Crippen LogP contribution is 2.33. The topological polar surface area (TPSA) is 26.3 Å². The second kappa shape index (κ2) is 6.95. The Hall–Kier alpha value is -1.83. The zero-order valence-corrected chi connectivity index (χ0v) is 13.3. The fraction of sp³-hybridized carbons (Fsp3) is 0.450. The van der Waals surface area contributed by atoms with Crippen LogP contribution in [0, 0.1) is 5.92 Å². The minimum Gasteiger partial charge on any atom is -0.493 e. The summed E-state index contributed by atoms with van der Waals surface area (Å²) in [6.07, 6.45) is 6.71. The molecule has 3 rings (SSSR count). The third-order valence-electron chi connectivity index (χ3n) is 4.59. The van der Waals surface area contributed by atoms with Gasteiger partial charge in [0.2, 0.25) is 0 Å². The summed E-state index contributed by atoms with van der Waals surface area (Å²) in [5, 5.41) is 2.09. The van der Waals surface area contributed by atoms with Gasteiger partial charge in [-0.05, 0) is 36.8 Å². The molecule has 1 aliphatic rings. The average Bonchev–Trinajstić information content (AvgIpc) is 2.60. The van der Waals surface area contributed by atoms with Crippen molar-refractivity contribution in [1.29, 1.82) is 0 Å². The number of fused-ring (bicyclic) bond motifs is 1. The molecular weight excluding hydrogens is 272 g/mol. The summed E-state index contributed by atoms with van der Waals surface area (Å²) in [7, 11) is 0. The Morgan fingerprint density at radius 2 is 1.77 bits per heavy atom. The van der Waals surface area contributed by atoms with Gasteiger partial charge in [0, 0.05) is 16.9 Å². The fourth-order valence-corrected chi connectivity index (χ4v) is 3.41. The Morgan fingerprint density at radius 1 is 1.05 bits per heavy atom. The molecule has 116 valence electrons. The number of hydrogen-bond acceptors (Lipinski definition) is 2. The van der Waals surface area contributed by atoms with Crippen LogP contribution in [0.3, 0.4) is 0 Å². The molecule has 2 heteroatoms. The maximum atomic E-state index is 12.9. The van der Waals surface area contributed by atoms with Crippen LogP contribution in [-0.2, 0) is 0 Å². The zero-order chi connectivity index (χ0) is 15.4. The van der Waals surface area contributed by atoms with Crippen LogP contribution in [0.4, 0.5) is 0 Å². The molecule has 0 heterocycles. The number of carbonyl (C=O) groups is 1. The number of benzene rings is 2. The molecule has 0 radical (unpaired) electrons. The summed E-state index contributed by atoms with van der Waals surface area (Å²) >= 11 is 0. The molecule has 0 spiro atoms. The van der Waals surface area contributed by atoms with Gasteiger partial charge in [0.1, 0.15) is 5.75 Å². The van der Waals surface area contributed by atoms with E-state index in [0.29, 0.717) is 12.4 Å². The smallest absolute Gasteiger partial charge is 0.166 e. The molecule has 1 aliphatic carbocycles. The van der Waals surface area contributed by atoms with Gasteiger partial charge in [-0.15, -0.1) is 0 Å². The van der Waals surface area contributed by atoms with Crippen LogP contribution in [0.5, 0.6) is 5.75 Å². The number of hydrogen-bond donors (Lipinski definition) is 0. The number of Topliss-reactive ketones (excluding diaryl/α,β-unsaturated/α-hetero) is 1. The van der Waals surface area contributed by atoms with Crippen molar-refractivity contribution in [3.63, 3.8) is 0 Å². The third kappa shape index (κ3) is 3.01. The van der Waals surface area contributed by atoms with Crippen molar-refractivity contribution >= 4 is 16.6 Å². The molecule has 2 aromatic rings. The lowest BCUT2D eigenvalue weighted by Gasteiger charge is -2.21. The monoisotopic (exact) mass is 296 g/mol. The van der Waals surface area contributed by atoms with E-state index in [-0.39, 0.29) is 5.92 Å². The molecule has 0 bridgehead atoms. The Bertz CT molecular complexity index is 654. The van der Waals surface area contributed by atoms with Crippen LogP contribution in [-0.4, -0.2) is 12.4 Å². The van der Waals surface area contributed by atoms with Gasteiger partial charge >= 0.3 is 0 Å². The van der Waals surface area contributed by atoms with Crippen LogP contribution in [0.2, 0.25) is 0 Å². The van der Waals surface area contributed by atoms with Crippen molar-refractivity contribution in [3.8, 4) is 5.75 Å². The summed E-state index contributed by atoms with van der Waals surface area (Å²) in [6, 6.07) is 12.0. The first-order valence-electron chi connectivity index (χ1n) is 8.50. The van der Waals surface area contributed by atoms with Crippen LogP contribution < -0.4 is 4.74 Å². The molecule has 0 aliphatic heterocycles. The number of ether oxygens (including phenoxy) is 1. The van der Waals surface area contributed by atoms with Crippen molar-refractivity contribution in [3.05, 3.63) is 42.0 Å². The molecule has 1 saturated carbocycles. The first kappa shape index (κ1) is 15.1.